The number of halogens is 1. The predicted molar refractivity (Wildman–Crippen MR) is 146 cm³/mol. The largest absolute Gasteiger partial charge is 0.444 e. The zero-order valence-electron chi connectivity index (χ0n) is 24.2. The average molecular weight is 574 g/mol. The quantitative estimate of drug-likeness (QED) is 0.255. The predicted octanol–water partition coefficient (Wildman–Crippen LogP) is 1.24. The fourth-order valence-electron chi connectivity index (χ4n) is 4.01. The van der Waals surface area contributed by atoms with Crippen LogP contribution in [0.3, 0.4) is 0 Å². The number of amides is 5. The summed E-state index contributed by atoms with van der Waals surface area (Å²) in [5.74, 6) is -2.48. The van der Waals surface area contributed by atoms with E-state index in [4.69, 9.17) is 16.3 Å². The highest BCUT2D eigenvalue weighted by Gasteiger charge is 2.38. The van der Waals surface area contributed by atoms with E-state index in [-0.39, 0.29) is 17.6 Å². The number of rotatable bonds is 12. The Morgan fingerprint density at radius 3 is 1.92 bits per heavy atom. The normalized spacial score (nSPS) is 18.4. The second-order valence-electron chi connectivity index (χ2n) is 11.3. The van der Waals surface area contributed by atoms with Gasteiger partial charge in [-0.3, -0.25) is 24.0 Å². The van der Waals surface area contributed by atoms with Crippen molar-refractivity contribution in [3.05, 3.63) is 0 Å². The standard InChI is InChI=1S/C26H44ClN5O7/c1-14(2)12-18(20(33)13-27)31-23(36)19-10-9-11-32(19)24(37)17(5)29-21(34)15(3)28-22(35)16(4)30-25(38)39-26(6,7)8/h14-19H,9-13H2,1-8H3,(H,28,35)(H,29,34)(H,30,38)(H,31,36)/t15-,16+,17+,18+,19+/m1/s1. The molecule has 1 heterocycles. The van der Waals surface area contributed by atoms with E-state index in [0.29, 0.717) is 25.8 Å². The fraction of sp³-hybridized carbons (Fsp3) is 0.769. The zero-order chi connectivity index (χ0) is 30.1. The van der Waals surface area contributed by atoms with E-state index in [2.05, 4.69) is 21.3 Å². The summed E-state index contributed by atoms with van der Waals surface area (Å²) in [6.07, 6.45) is 0.683. The van der Waals surface area contributed by atoms with Gasteiger partial charge in [0.2, 0.25) is 23.6 Å². The molecule has 0 unspecified atom stereocenters. The molecule has 5 amide bonds. The summed E-state index contributed by atoms with van der Waals surface area (Å²) in [5.41, 5.74) is -0.734. The molecule has 12 nitrogen and oxygen atoms in total. The summed E-state index contributed by atoms with van der Waals surface area (Å²) in [7, 11) is 0. The van der Waals surface area contributed by atoms with Gasteiger partial charge in [0.15, 0.2) is 5.78 Å². The topological polar surface area (TPSA) is 163 Å². The molecule has 1 aliphatic rings. The maximum Gasteiger partial charge on any atom is 0.408 e. The Kier molecular flexibility index (Phi) is 13.2. The number of carbonyl (C=O) groups excluding carboxylic acids is 6. The van der Waals surface area contributed by atoms with Gasteiger partial charge in [0.05, 0.1) is 11.9 Å². The lowest BCUT2D eigenvalue weighted by Gasteiger charge is -2.29. The van der Waals surface area contributed by atoms with Crippen LogP contribution in [0.25, 0.3) is 0 Å². The lowest BCUT2D eigenvalue weighted by atomic mass is 10.0. The van der Waals surface area contributed by atoms with E-state index in [1.165, 1.54) is 25.7 Å². The third kappa shape index (κ3) is 11.4. The van der Waals surface area contributed by atoms with E-state index in [1.807, 2.05) is 13.8 Å². The molecule has 0 aliphatic carbocycles. The second-order valence-corrected chi connectivity index (χ2v) is 11.6. The number of alkyl halides is 1. The smallest absolute Gasteiger partial charge is 0.408 e. The van der Waals surface area contributed by atoms with Crippen LogP contribution < -0.4 is 21.3 Å². The first-order valence-corrected chi connectivity index (χ1v) is 13.8. The van der Waals surface area contributed by atoms with Crippen molar-refractivity contribution in [1.29, 1.82) is 0 Å². The van der Waals surface area contributed by atoms with Crippen molar-refractivity contribution in [3.8, 4) is 0 Å². The lowest BCUT2D eigenvalue weighted by molar-refractivity contribution is -0.142. The summed E-state index contributed by atoms with van der Waals surface area (Å²) in [4.78, 5) is 76.7. The van der Waals surface area contributed by atoms with Crippen LogP contribution >= 0.6 is 11.6 Å². The van der Waals surface area contributed by atoms with Crippen LogP contribution in [0.2, 0.25) is 0 Å². The van der Waals surface area contributed by atoms with Crippen LogP contribution in [0.4, 0.5) is 4.79 Å². The minimum absolute atomic E-state index is 0.151. The molecule has 222 valence electrons. The molecule has 1 saturated heterocycles. The third-order valence-electron chi connectivity index (χ3n) is 5.99. The molecule has 0 radical (unpaired) electrons. The van der Waals surface area contributed by atoms with Gasteiger partial charge in [-0.25, -0.2) is 4.79 Å². The molecule has 0 spiro atoms. The van der Waals surface area contributed by atoms with Gasteiger partial charge in [-0.2, -0.15) is 0 Å². The van der Waals surface area contributed by atoms with Crippen LogP contribution in [0, 0.1) is 5.92 Å². The highest BCUT2D eigenvalue weighted by Crippen LogP contribution is 2.19. The monoisotopic (exact) mass is 573 g/mol. The number of ether oxygens (including phenoxy) is 1. The second kappa shape index (κ2) is 15.0. The average Bonchev–Trinajstić information content (AvgIpc) is 3.30. The van der Waals surface area contributed by atoms with E-state index in [9.17, 15) is 28.8 Å². The van der Waals surface area contributed by atoms with Crippen LogP contribution in [-0.4, -0.2) is 88.6 Å². The van der Waals surface area contributed by atoms with Crippen LogP contribution in [0.15, 0.2) is 0 Å². The molecule has 4 N–H and O–H groups in total. The van der Waals surface area contributed by atoms with Crippen molar-refractivity contribution in [2.24, 2.45) is 5.92 Å². The van der Waals surface area contributed by atoms with Gasteiger partial charge in [-0.15, -0.1) is 11.6 Å². The highest BCUT2D eigenvalue weighted by molar-refractivity contribution is 6.28. The minimum atomic E-state index is -1.01. The van der Waals surface area contributed by atoms with E-state index >= 15 is 0 Å². The van der Waals surface area contributed by atoms with Crippen LogP contribution in [-0.2, 0) is 28.7 Å². The molecule has 1 aliphatic heterocycles. The van der Waals surface area contributed by atoms with E-state index < -0.39 is 65.5 Å². The van der Waals surface area contributed by atoms with Gasteiger partial charge in [0.1, 0.15) is 29.8 Å². The lowest BCUT2D eigenvalue weighted by Crippen LogP contribution is -2.57. The Morgan fingerprint density at radius 1 is 0.872 bits per heavy atom. The number of carbonyl (C=O) groups is 6. The van der Waals surface area contributed by atoms with E-state index in [1.54, 1.807) is 20.8 Å². The Balaban J connectivity index is 2.71. The summed E-state index contributed by atoms with van der Waals surface area (Å²) in [6, 6.07) is -4.46. The number of Topliss-reactive ketones (excluding diaryl/α,β-unsaturated/α-hetero) is 1. The number of hydrogen-bond donors (Lipinski definition) is 4. The number of nitrogens with one attached hydrogen (secondary N) is 4. The maximum atomic E-state index is 13.1. The van der Waals surface area contributed by atoms with Gasteiger partial charge in [0.25, 0.3) is 0 Å². The fourth-order valence-corrected chi connectivity index (χ4v) is 4.20. The Bertz CT molecular complexity index is 921. The first-order valence-electron chi connectivity index (χ1n) is 13.3. The van der Waals surface area contributed by atoms with Crippen molar-refractivity contribution in [1.82, 2.24) is 26.2 Å². The highest BCUT2D eigenvalue weighted by atomic mass is 35.5. The van der Waals surface area contributed by atoms with Gasteiger partial charge in [-0.1, -0.05) is 13.8 Å². The van der Waals surface area contributed by atoms with E-state index in [0.717, 1.165) is 0 Å². The molecule has 1 fully saturated rings. The number of hydrogen-bond acceptors (Lipinski definition) is 7. The van der Waals surface area contributed by atoms with Gasteiger partial charge in [0, 0.05) is 6.54 Å². The van der Waals surface area contributed by atoms with Crippen molar-refractivity contribution in [2.45, 2.75) is 110 Å². The van der Waals surface area contributed by atoms with Gasteiger partial charge in [-0.05, 0) is 66.7 Å². The molecular weight excluding hydrogens is 530 g/mol. The molecule has 0 aromatic heterocycles. The number of ketones is 1. The summed E-state index contributed by atoms with van der Waals surface area (Å²) in [6.45, 7) is 13.6. The van der Waals surface area contributed by atoms with Crippen molar-refractivity contribution in [2.75, 3.05) is 12.4 Å². The summed E-state index contributed by atoms with van der Waals surface area (Å²) in [5, 5.41) is 10.2. The van der Waals surface area contributed by atoms with Crippen molar-refractivity contribution < 1.29 is 33.5 Å². The molecule has 13 heteroatoms. The van der Waals surface area contributed by atoms with Crippen molar-refractivity contribution >= 4 is 47.1 Å². The molecular formula is C26H44ClN5O7. The summed E-state index contributed by atoms with van der Waals surface area (Å²) < 4.78 is 5.12. The third-order valence-corrected chi connectivity index (χ3v) is 6.25. The molecule has 39 heavy (non-hydrogen) atoms. The first-order chi connectivity index (χ1) is 18.0. The summed E-state index contributed by atoms with van der Waals surface area (Å²) >= 11 is 5.71. The molecule has 5 atom stereocenters. The Hall–Kier alpha value is -2.89. The van der Waals surface area contributed by atoms with Crippen molar-refractivity contribution in [3.63, 3.8) is 0 Å². The number of nitrogens with zero attached hydrogens (tertiary/aromatic N) is 1. The number of alkyl carbamates (subject to hydrolysis) is 1. The zero-order valence-corrected chi connectivity index (χ0v) is 24.9. The first kappa shape index (κ1) is 34.1. The SMILES string of the molecule is CC(C)C[C@H](NC(=O)[C@@H]1CCCN1C(=O)[C@H](C)NC(=O)[C@@H](C)NC(=O)[C@H](C)NC(=O)OC(C)(C)C)C(=O)CCl. The molecule has 0 saturated carbocycles. The molecule has 0 aromatic rings. The van der Waals surface area contributed by atoms with Gasteiger partial charge >= 0.3 is 6.09 Å². The molecule has 1 rings (SSSR count). The minimum Gasteiger partial charge on any atom is -0.444 e. The molecule has 0 bridgehead atoms. The number of likely N-dealkylation sites (tertiary alicyclic amines) is 1. The van der Waals surface area contributed by atoms with Gasteiger partial charge < -0.3 is 30.9 Å². The van der Waals surface area contributed by atoms with Crippen LogP contribution in [0.1, 0.15) is 74.7 Å². The Morgan fingerprint density at radius 2 is 1.41 bits per heavy atom. The molecule has 0 aromatic carbocycles. The Labute approximate surface area is 235 Å². The van der Waals surface area contributed by atoms with Crippen LogP contribution in [0.5, 0.6) is 0 Å². The maximum absolute atomic E-state index is 13.1.